The van der Waals surface area contributed by atoms with Crippen LogP contribution in [-0.2, 0) is 4.79 Å². The number of rotatable bonds is 6. The topological polar surface area (TPSA) is 58.4 Å². The van der Waals surface area contributed by atoms with Gasteiger partial charge in [-0.2, -0.15) is 0 Å². The van der Waals surface area contributed by atoms with Gasteiger partial charge in [-0.15, -0.1) is 24.8 Å². The molecule has 0 aromatic heterocycles. The van der Waals surface area contributed by atoms with Crippen LogP contribution in [0.5, 0.6) is 0 Å². The molecule has 0 saturated carbocycles. The number of amides is 1. The van der Waals surface area contributed by atoms with Gasteiger partial charge in [-0.1, -0.05) is 43.7 Å². The predicted octanol–water partition coefficient (Wildman–Crippen LogP) is 3.16. The van der Waals surface area contributed by atoms with Crippen molar-refractivity contribution in [2.24, 2.45) is 11.7 Å². The largest absolute Gasteiger partial charge is 0.355 e. The normalized spacial score (nSPS) is 20.2. The maximum absolute atomic E-state index is 12.3. The smallest absolute Gasteiger partial charge is 0.224 e. The molecular weight excluding hydrogens is 345 g/mol. The number of nitrogens with one attached hydrogen (secondary N) is 1. The van der Waals surface area contributed by atoms with Gasteiger partial charge >= 0.3 is 0 Å². The van der Waals surface area contributed by atoms with Crippen molar-refractivity contribution in [2.45, 2.75) is 45.2 Å². The lowest BCUT2D eigenvalue weighted by Gasteiger charge is -2.33. The molecule has 1 aromatic rings. The third-order valence-corrected chi connectivity index (χ3v) is 4.78. The summed E-state index contributed by atoms with van der Waals surface area (Å²) in [6, 6.07) is 10.2. The van der Waals surface area contributed by atoms with Gasteiger partial charge in [0.15, 0.2) is 0 Å². The summed E-state index contributed by atoms with van der Waals surface area (Å²) >= 11 is 0. The Bertz CT molecular complexity index is 473. The van der Waals surface area contributed by atoms with Crippen molar-refractivity contribution >= 4 is 30.7 Å². The molecule has 1 amide bonds. The monoisotopic (exact) mass is 375 g/mol. The van der Waals surface area contributed by atoms with E-state index in [1.165, 1.54) is 19.3 Å². The Hall–Kier alpha value is -0.810. The number of halogens is 2. The molecule has 1 saturated heterocycles. The van der Waals surface area contributed by atoms with E-state index in [1.807, 2.05) is 37.3 Å². The van der Waals surface area contributed by atoms with Crippen LogP contribution in [0.2, 0.25) is 0 Å². The summed E-state index contributed by atoms with van der Waals surface area (Å²) in [6.45, 7) is 6.96. The highest BCUT2D eigenvalue weighted by atomic mass is 35.5. The summed E-state index contributed by atoms with van der Waals surface area (Å²) in [4.78, 5) is 14.7. The van der Waals surface area contributed by atoms with Crippen LogP contribution in [0.3, 0.4) is 0 Å². The van der Waals surface area contributed by atoms with Crippen molar-refractivity contribution in [1.29, 1.82) is 0 Å². The SMILES string of the molecule is CC(C(=O)NCCN1CCCCC1C)C(N)c1ccccc1.Cl.Cl. The number of nitrogens with zero attached hydrogens (tertiary/aromatic N) is 1. The molecule has 1 aliphatic heterocycles. The van der Waals surface area contributed by atoms with Crippen LogP contribution in [0.25, 0.3) is 0 Å². The number of nitrogens with two attached hydrogens (primary N) is 1. The van der Waals surface area contributed by atoms with E-state index in [2.05, 4.69) is 17.1 Å². The molecule has 0 spiro atoms. The summed E-state index contributed by atoms with van der Waals surface area (Å²) < 4.78 is 0. The van der Waals surface area contributed by atoms with Gasteiger partial charge in [0.1, 0.15) is 0 Å². The van der Waals surface area contributed by atoms with Crippen molar-refractivity contribution in [2.75, 3.05) is 19.6 Å². The fourth-order valence-corrected chi connectivity index (χ4v) is 3.10. The summed E-state index contributed by atoms with van der Waals surface area (Å²) in [5.41, 5.74) is 7.21. The second-order valence-electron chi connectivity index (χ2n) is 6.40. The molecule has 4 nitrogen and oxygen atoms in total. The first kappa shape index (κ1) is 23.2. The molecule has 2 rings (SSSR count). The number of piperidine rings is 1. The molecule has 138 valence electrons. The number of carbonyl (C=O) groups excluding carboxylic acids is 1. The number of hydrogen-bond donors (Lipinski definition) is 2. The lowest BCUT2D eigenvalue weighted by molar-refractivity contribution is -0.125. The van der Waals surface area contributed by atoms with Gasteiger partial charge in [-0.05, 0) is 31.9 Å². The molecule has 3 atom stereocenters. The summed E-state index contributed by atoms with van der Waals surface area (Å²) in [5.74, 6) is -0.179. The van der Waals surface area contributed by atoms with Gasteiger partial charge in [0.2, 0.25) is 5.91 Å². The molecular formula is C18H31Cl2N3O. The van der Waals surface area contributed by atoms with Gasteiger partial charge in [-0.25, -0.2) is 0 Å². The van der Waals surface area contributed by atoms with Crippen molar-refractivity contribution in [3.05, 3.63) is 35.9 Å². The lowest BCUT2D eigenvalue weighted by Crippen LogP contribution is -2.44. The Labute approximate surface area is 158 Å². The van der Waals surface area contributed by atoms with Crippen LogP contribution in [0, 0.1) is 5.92 Å². The predicted molar refractivity (Wildman–Crippen MR) is 105 cm³/mol. The fourth-order valence-electron chi connectivity index (χ4n) is 3.10. The molecule has 3 unspecified atom stereocenters. The van der Waals surface area contributed by atoms with Crippen molar-refractivity contribution < 1.29 is 4.79 Å². The van der Waals surface area contributed by atoms with Crippen molar-refractivity contribution in [3.63, 3.8) is 0 Å². The first-order valence-corrected chi connectivity index (χ1v) is 8.42. The first-order chi connectivity index (χ1) is 10.6. The van der Waals surface area contributed by atoms with E-state index in [9.17, 15) is 4.79 Å². The maximum Gasteiger partial charge on any atom is 0.224 e. The average Bonchev–Trinajstić information content (AvgIpc) is 2.56. The second kappa shape index (κ2) is 11.7. The van der Waals surface area contributed by atoms with E-state index in [0.29, 0.717) is 12.6 Å². The molecule has 0 aliphatic carbocycles. The molecule has 1 fully saturated rings. The maximum atomic E-state index is 12.3. The first-order valence-electron chi connectivity index (χ1n) is 8.42. The minimum Gasteiger partial charge on any atom is -0.355 e. The lowest BCUT2D eigenvalue weighted by atomic mass is 9.95. The molecule has 1 aromatic carbocycles. The number of benzene rings is 1. The van der Waals surface area contributed by atoms with E-state index in [-0.39, 0.29) is 42.7 Å². The Kier molecular flexibility index (Phi) is 11.3. The quantitative estimate of drug-likeness (QED) is 0.802. The minimum atomic E-state index is -0.255. The van der Waals surface area contributed by atoms with Gasteiger partial charge < -0.3 is 11.1 Å². The Balaban J connectivity index is 0.00000264. The van der Waals surface area contributed by atoms with E-state index in [4.69, 9.17) is 5.73 Å². The number of carbonyl (C=O) groups is 1. The third-order valence-electron chi connectivity index (χ3n) is 4.78. The second-order valence-corrected chi connectivity index (χ2v) is 6.40. The summed E-state index contributed by atoms with van der Waals surface area (Å²) in [6.07, 6.45) is 3.86. The van der Waals surface area contributed by atoms with Gasteiger partial charge in [-0.3, -0.25) is 9.69 Å². The van der Waals surface area contributed by atoms with Crippen LogP contribution < -0.4 is 11.1 Å². The molecule has 3 N–H and O–H groups in total. The Morgan fingerprint density at radius 3 is 2.58 bits per heavy atom. The van der Waals surface area contributed by atoms with Crippen LogP contribution in [0.1, 0.15) is 44.7 Å². The van der Waals surface area contributed by atoms with Crippen LogP contribution in [0.15, 0.2) is 30.3 Å². The zero-order valence-corrected chi connectivity index (χ0v) is 16.2. The molecule has 0 bridgehead atoms. The highest BCUT2D eigenvalue weighted by Crippen LogP contribution is 2.19. The molecule has 1 heterocycles. The highest BCUT2D eigenvalue weighted by molar-refractivity contribution is 5.85. The van der Waals surface area contributed by atoms with E-state index >= 15 is 0 Å². The molecule has 24 heavy (non-hydrogen) atoms. The highest BCUT2D eigenvalue weighted by Gasteiger charge is 2.22. The average molecular weight is 376 g/mol. The number of likely N-dealkylation sites (tertiary alicyclic amines) is 1. The fraction of sp³-hybridized carbons (Fsp3) is 0.611. The Morgan fingerprint density at radius 2 is 1.96 bits per heavy atom. The van der Waals surface area contributed by atoms with Gasteiger partial charge in [0, 0.05) is 25.2 Å². The van der Waals surface area contributed by atoms with E-state index in [0.717, 1.165) is 18.7 Å². The van der Waals surface area contributed by atoms with Crippen LogP contribution >= 0.6 is 24.8 Å². The summed E-state index contributed by atoms with van der Waals surface area (Å²) in [7, 11) is 0. The minimum absolute atomic E-state index is 0. The zero-order chi connectivity index (χ0) is 15.9. The molecule has 1 aliphatic rings. The van der Waals surface area contributed by atoms with E-state index < -0.39 is 0 Å². The standard InChI is InChI=1S/C18H29N3O.2ClH/c1-14-8-6-7-12-21(14)13-11-20-18(22)15(2)17(19)16-9-4-3-5-10-16;;/h3-5,9-10,14-15,17H,6-8,11-13,19H2,1-2H3,(H,20,22);2*1H. The van der Waals surface area contributed by atoms with Gasteiger partial charge in [0.25, 0.3) is 0 Å². The summed E-state index contributed by atoms with van der Waals surface area (Å²) in [5, 5.41) is 3.04. The van der Waals surface area contributed by atoms with Crippen LogP contribution in [-0.4, -0.2) is 36.5 Å². The van der Waals surface area contributed by atoms with Crippen LogP contribution in [0.4, 0.5) is 0 Å². The number of hydrogen-bond acceptors (Lipinski definition) is 3. The zero-order valence-electron chi connectivity index (χ0n) is 14.6. The van der Waals surface area contributed by atoms with Crippen molar-refractivity contribution in [1.82, 2.24) is 10.2 Å². The van der Waals surface area contributed by atoms with E-state index in [1.54, 1.807) is 0 Å². The molecule has 6 heteroatoms. The third kappa shape index (κ3) is 6.60. The Morgan fingerprint density at radius 1 is 1.29 bits per heavy atom. The van der Waals surface area contributed by atoms with Gasteiger partial charge in [0.05, 0.1) is 5.92 Å². The molecule has 0 radical (unpaired) electrons. The van der Waals surface area contributed by atoms with Crippen molar-refractivity contribution in [3.8, 4) is 0 Å².